The minimum atomic E-state index is -0.832. The maximum absolute atomic E-state index is 12.0. The van der Waals surface area contributed by atoms with Crippen molar-refractivity contribution in [2.75, 3.05) is 13.1 Å². The summed E-state index contributed by atoms with van der Waals surface area (Å²) in [4.78, 5) is 24.5. The highest BCUT2D eigenvalue weighted by molar-refractivity contribution is 5.76. The Morgan fingerprint density at radius 2 is 2.11 bits per heavy atom. The summed E-state index contributed by atoms with van der Waals surface area (Å²) < 4.78 is 0. The normalized spacial score (nSPS) is 19.9. The first-order valence-corrected chi connectivity index (χ1v) is 6.77. The van der Waals surface area contributed by atoms with Gasteiger partial charge in [0.2, 0.25) is 0 Å². The Hall–Kier alpha value is -1.26. The molecular formula is C13H24N2O3. The van der Waals surface area contributed by atoms with Crippen molar-refractivity contribution in [3.63, 3.8) is 0 Å². The van der Waals surface area contributed by atoms with E-state index in [4.69, 9.17) is 5.11 Å². The van der Waals surface area contributed by atoms with Crippen LogP contribution in [-0.4, -0.2) is 41.1 Å². The second-order valence-electron chi connectivity index (χ2n) is 5.36. The van der Waals surface area contributed by atoms with Crippen molar-refractivity contribution >= 4 is 12.0 Å². The zero-order chi connectivity index (χ0) is 13.5. The highest BCUT2D eigenvalue weighted by Crippen LogP contribution is 2.19. The number of hydrogen-bond donors (Lipinski definition) is 2. The largest absolute Gasteiger partial charge is 0.481 e. The van der Waals surface area contributed by atoms with Gasteiger partial charge in [0.1, 0.15) is 0 Å². The van der Waals surface area contributed by atoms with Crippen LogP contribution in [0.1, 0.15) is 46.0 Å². The van der Waals surface area contributed by atoms with Crippen molar-refractivity contribution < 1.29 is 14.7 Å². The molecule has 1 fully saturated rings. The molecule has 0 saturated carbocycles. The lowest BCUT2D eigenvalue weighted by Crippen LogP contribution is -2.49. The van der Waals surface area contributed by atoms with E-state index in [2.05, 4.69) is 19.2 Å². The van der Waals surface area contributed by atoms with Crippen LogP contribution >= 0.6 is 0 Å². The third-order valence-corrected chi connectivity index (χ3v) is 3.30. The van der Waals surface area contributed by atoms with Crippen LogP contribution in [0.15, 0.2) is 0 Å². The van der Waals surface area contributed by atoms with Gasteiger partial charge in [-0.3, -0.25) is 4.79 Å². The number of carboxylic acid groups (broad SMARTS) is 1. The first kappa shape index (κ1) is 14.8. The van der Waals surface area contributed by atoms with E-state index < -0.39 is 5.97 Å². The maximum Gasteiger partial charge on any atom is 0.317 e. The second kappa shape index (κ2) is 7.24. The minimum absolute atomic E-state index is 0.0532. The number of piperidine rings is 1. The van der Waals surface area contributed by atoms with Crippen LogP contribution < -0.4 is 5.32 Å². The number of likely N-dealkylation sites (tertiary alicyclic amines) is 1. The molecule has 0 aliphatic carbocycles. The lowest BCUT2D eigenvalue weighted by Gasteiger charge is -2.35. The summed E-state index contributed by atoms with van der Waals surface area (Å²) in [6, 6.07) is -0.253. The Morgan fingerprint density at radius 3 is 2.72 bits per heavy atom. The molecule has 0 aromatic carbocycles. The van der Waals surface area contributed by atoms with Crippen LogP contribution in [0.3, 0.4) is 0 Å². The van der Waals surface area contributed by atoms with Gasteiger partial charge in [-0.2, -0.15) is 0 Å². The van der Waals surface area contributed by atoms with E-state index in [9.17, 15) is 9.59 Å². The Balaban J connectivity index is 2.44. The third-order valence-electron chi connectivity index (χ3n) is 3.30. The SMILES string of the molecule is CC(C)CCNC(=O)N1CCCCC1CC(=O)O. The van der Waals surface area contributed by atoms with Gasteiger partial charge in [0, 0.05) is 19.1 Å². The molecule has 0 bridgehead atoms. The Bertz CT molecular complexity index is 292. The summed E-state index contributed by atoms with van der Waals surface area (Å²) >= 11 is 0. The van der Waals surface area contributed by atoms with Gasteiger partial charge in [-0.05, 0) is 31.6 Å². The highest BCUT2D eigenvalue weighted by atomic mass is 16.4. The molecular weight excluding hydrogens is 232 g/mol. The minimum Gasteiger partial charge on any atom is -0.481 e. The van der Waals surface area contributed by atoms with Crippen molar-refractivity contribution in [1.82, 2.24) is 10.2 Å². The van der Waals surface area contributed by atoms with Crippen molar-refractivity contribution in [2.24, 2.45) is 5.92 Å². The zero-order valence-corrected chi connectivity index (χ0v) is 11.3. The molecule has 2 N–H and O–H groups in total. The fourth-order valence-electron chi connectivity index (χ4n) is 2.25. The molecule has 5 nitrogen and oxygen atoms in total. The molecule has 0 spiro atoms. The van der Waals surface area contributed by atoms with Gasteiger partial charge in [0.25, 0.3) is 0 Å². The van der Waals surface area contributed by atoms with Crippen LogP contribution in [0.5, 0.6) is 0 Å². The van der Waals surface area contributed by atoms with Crippen molar-refractivity contribution in [3.05, 3.63) is 0 Å². The van der Waals surface area contributed by atoms with Crippen LogP contribution in [0, 0.1) is 5.92 Å². The monoisotopic (exact) mass is 256 g/mol. The average molecular weight is 256 g/mol. The fraction of sp³-hybridized carbons (Fsp3) is 0.846. The third kappa shape index (κ3) is 4.94. The number of carbonyl (C=O) groups excluding carboxylic acids is 1. The number of amides is 2. The molecule has 1 atom stereocenters. The summed E-state index contributed by atoms with van der Waals surface area (Å²) in [6.07, 6.45) is 3.77. The molecule has 104 valence electrons. The van der Waals surface area contributed by atoms with Gasteiger partial charge in [-0.25, -0.2) is 4.79 Å². The molecule has 1 heterocycles. The van der Waals surface area contributed by atoms with Gasteiger partial charge in [0.05, 0.1) is 6.42 Å². The zero-order valence-electron chi connectivity index (χ0n) is 11.3. The molecule has 18 heavy (non-hydrogen) atoms. The molecule has 1 rings (SSSR count). The van der Waals surface area contributed by atoms with Crippen LogP contribution in [0.4, 0.5) is 4.79 Å². The Kier molecular flexibility index (Phi) is 5.95. The molecule has 0 aromatic rings. The summed E-state index contributed by atoms with van der Waals surface area (Å²) in [5.41, 5.74) is 0. The lowest BCUT2D eigenvalue weighted by molar-refractivity contribution is -0.138. The average Bonchev–Trinajstić information content (AvgIpc) is 2.28. The number of nitrogens with one attached hydrogen (secondary N) is 1. The van der Waals surface area contributed by atoms with E-state index in [1.807, 2.05) is 0 Å². The summed E-state index contributed by atoms with van der Waals surface area (Å²) in [5.74, 6) is -0.275. The quantitative estimate of drug-likeness (QED) is 0.791. The lowest BCUT2D eigenvalue weighted by atomic mass is 10.00. The molecule has 2 amide bonds. The van der Waals surface area contributed by atoms with Gasteiger partial charge in [-0.1, -0.05) is 13.8 Å². The van der Waals surface area contributed by atoms with Crippen LogP contribution in [0.2, 0.25) is 0 Å². The number of rotatable bonds is 5. The molecule has 1 aliphatic rings. The van der Waals surface area contributed by atoms with E-state index in [1.165, 1.54) is 0 Å². The molecule has 0 radical (unpaired) electrons. The summed E-state index contributed by atoms with van der Waals surface area (Å²) in [6.45, 7) is 5.55. The van der Waals surface area contributed by atoms with Crippen LogP contribution in [-0.2, 0) is 4.79 Å². The van der Waals surface area contributed by atoms with Crippen molar-refractivity contribution in [3.8, 4) is 0 Å². The Labute approximate surface area is 109 Å². The number of carbonyl (C=O) groups is 2. The Morgan fingerprint density at radius 1 is 1.39 bits per heavy atom. The van der Waals surface area contributed by atoms with Crippen molar-refractivity contribution in [2.45, 2.75) is 52.0 Å². The van der Waals surface area contributed by atoms with Gasteiger partial charge in [-0.15, -0.1) is 0 Å². The number of aliphatic carboxylic acids is 1. The maximum atomic E-state index is 12.0. The van der Waals surface area contributed by atoms with E-state index in [-0.39, 0.29) is 18.5 Å². The first-order chi connectivity index (χ1) is 8.50. The van der Waals surface area contributed by atoms with E-state index in [1.54, 1.807) is 4.90 Å². The van der Waals surface area contributed by atoms with E-state index >= 15 is 0 Å². The van der Waals surface area contributed by atoms with E-state index in [0.29, 0.717) is 19.0 Å². The molecule has 1 saturated heterocycles. The standard InChI is InChI=1S/C13H24N2O3/c1-10(2)6-7-14-13(18)15-8-4-3-5-11(15)9-12(16)17/h10-11H,3-9H2,1-2H3,(H,14,18)(H,16,17). The van der Waals surface area contributed by atoms with Gasteiger partial charge >= 0.3 is 12.0 Å². The number of carboxylic acids is 1. The molecule has 1 unspecified atom stereocenters. The topological polar surface area (TPSA) is 69.6 Å². The van der Waals surface area contributed by atoms with Crippen molar-refractivity contribution in [1.29, 1.82) is 0 Å². The fourth-order valence-corrected chi connectivity index (χ4v) is 2.25. The molecule has 1 aliphatic heterocycles. The first-order valence-electron chi connectivity index (χ1n) is 6.77. The second-order valence-corrected chi connectivity index (χ2v) is 5.36. The van der Waals surface area contributed by atoms with Gasteiger partial charge in [0.15, 0.2) is 0 Å². The van der Waals surface area contributed by atoms with Crippen LogP contribution in [0.25, 0.3) is 0 Å². The summed E-state index contributed by atoms with van der Waals surface area (Å²) in [5, 5.41) is 11.7. The molecule has 0 aromatic heterocycles. The van der Waals surface area contributed by atoms with Gasteiger partial charge < -0.3 is 15.3 Å². The number of hydrogen-bond acceptors (Lipinski definition) is 2. The predicted molar refractivity (Wildman–Crippen MR) is 69.5 cm³/mol. The molecule has 5 heteroatoms. The highest BCUT2D eigenvalue weighted by Gasteiger charge is 2.28. The smallest absolute Gasteiger partial charge is 0.317 e. The summed E-state index contributed by atoms with van der Waals surface area (Å²) in [7, 11) is 0. The number of nitrogens with zero attached hydrogens (tertiary/aromatic N) is 1. The number of urea groups is 1. The predicted octanol–water partition coefficient (Wildman–Crippen LogP) is 2.07. The van der Waals surface area contributed by atoms with E-state index in [0.717, 1.165) is 25.7 Å².